The van der Waals surface area contributed by atoms with Gasteiger partial charge in [0, 0.05) is 38.4 Å². The van der Waals surface area contributed by atoms with Gasteiger partial charge in [0.05, 0.1) is 5.56 Å². The highest BCUT2D eigenvalue weighted by Gasteiger charge is 2.31. The Bertz CT molecular complexity index is 758. The van der Waals surface area contributed by atoms with Crippen molar-refractivity contribution in [3.05, 3.63) is 36.0 Å². The van der Waals surface area contributed by atoms with Gasteiger partial charge < -0.3 is 14.9 Å². The number of piperazine rings is 1. The largest absolute Gasteiger partial charge is 0.492 e. The number of aromatic hydroxyl groups is 1. The summed E-state index contributed by atoms with van der Waals surface area (Å²) in [6.07, 6.45) is -3.61. The van der Waals surface area contributed by atoms with Crippen LogP contribution in [0.1, 0.15) is 5.56 Å². The Labute approximate surface area is 146 Å². The highest BCUT2D eigenvalue weighted by molar-refractivity contribution is 5.88. The molecule has 2 aromatic rings. The van der Waals surface area contributed by atoms with Crippen LogP contribution >= 0.6 is 0 Å². The Morgan fingerprint density at radius 3 is 2.35 bits per heavy atom. The normalized spacial score (nSPS) is 15.0. The number of hydrogen-bond acceptors (Lipinski definition) is 6. The second kappa shape index (κ2) is 7.02. The lowest BCUT2D eigenvalue weighted by Gasteiger charge is -2.35. The van der Waals surface area contributed by atoms with Crippen LogP contribution in [0.15, 0.2) is 30.5 Å². The Balaban J connectivity index is 1.55. The molecule has 0 spiro atoms. The molecule has 0 atom stereocenters. The summed E-state index contributed by atoms with van der Waals surface area (Å²) in [5, 5.41) is 18.7. The third-order valence-electron chi connectivity index (χ3n) is 3.85. The summed E-state index contributed by atoms with van der Waals surface area (Å²) in [5.74, 6) is 0.391. The smallest absolute Gasteiger partial charge is 0.417 e. The zero-order valence-corrected chi connectivity index (χ0v) is 13.4. The number of carbonyl (C=O) groups excluding carboxylic acids is 1. The molecule has 26 heavy (non-hydrogen) atoms. The molecule has 2 N–H and O–H groups in total. The predicted molar refractivity (Wildman–Crippen MR) is 85.7 cm³/mol. The van der Waals surface area contributed by atoms with E-state index in [9.17, 15) is 18.0 Å². The van der Waals surface area contributed by atoms with Gasteiger partial charge in [0.15, 0.2) is 5.82 Å². The summed E-state index contributed by atoms with van der Waals surface area (Å²) in [6, 6.07) is 4.67. The molecule has 0 unspecified atom stereocenters. The second-order valence-corrected chi connectivity index (χ2v) is 5.58. The summed E-state index contributed by atoms with van der Waals surface area (Å²) in [5.41, 5.74) is -0.797. The van der Waals surface area contributed by atoms with E-state index in [1.165, 1.54) is 18.2 Å². The van der Waals surface area contributed by atoms with E-state index in [0.717, 1.165) is 12.3 Å². The number of nitrogens with one attached hydrogen (secondary N) is 1. The summed E-state index contributed by atoms with van der Waals surface area (Å²) >= 11 is 0. The SMILES string of the molecule is O=C(Nc1ccc(O)nn1)N1CCN(c2ccc(C(F)(F)F)cn2)CC1. The zero-order chi connectivity index (χ0) is 18.7. The number of urea groups is 1. The fourth-order valence-corrected chi connectivity index (χ4v) is 2.46. The zero-order valence-electron chi connectivity index (χ0n) is 13.4. The van der Waals surface area contributed by atoms with Crippen molar-refractivity contribution in [3.8, 4) is 5.88 Å². The van der Waals surface area contributed by atoms with Crippen molar-refractivity contribution in [3.63, 3.8) is 0 Å². The minimum atomic E-state index is -4.42. The van der Waals surface area contributed by atoms with Crippen LogP contribution in [0.3, 0.4) is 0 Å². The third kappa shape index (κ3) is 4.10. The van der Waals surface area contributed by atoms with Crippen LogP contribution in [-0.2, 0) is 6.18 Å². The molecule has 0 saturated carbocycles. The second-order valence-electron chi connectivity index (χ2n) is 5.58. The molecule has 0 radical (unpaired) electrons. The van der Waals surface area contributed by atoms with Crippen LogP contribution < -0.4 is 10.2 Å². The van der Waals surface area contributed by atoms with Crippen LogP contribution in [0.2, 0.25) is 0 Å². The first-order chi connectivity index (χ1) is 12.3. The highest BCUT2D eigenvalue weighted by Crippen LogP contribution is 2.29. The molecule has 1 saturated heterocycles. The molecule has 0 bridgehead atoms. The summed E-state index contributed by atoms with van der Waals surface area (Å²) < 4.78 is 37.7. The lowest BCUT2D eigenvalue weighted by molar-refractivity contribution is -0.137. The fourth-order valence-electron chi connectivity index (χ4n) is 2.46. The Hall–Kier alpha value is -3.11. The molecule has 0 aliphatic carbocycles. The standard InChI is InChI=1S/C15H15F3N6O2/c16-15(17,18)10-1-3-12(19-9-10)23-5-7-24(8-6-23)14(26)20-11-2-4-13(25)22-21-11/h1-4,9H,5-8H2,(H,22,25)(H,20,21,26). The number of hydrogen-bond donors (Lipinski definition) is 2. The molecule has 1 fully saturated rings. The molecule has 2 amide bonds. The van der Waals surface area contributed by atoms with Crippen LogP contribution in [0.4, 0.5) is 29.6 Å². The first-order valence-corrected chi connectivity index (χ1v) is 7.70. The molecule has 0 aromatic carbocycles. The van der Waals surface area contributed by atoms with Gasteiger partial charge in [-0.3, -0.25) is 5.32 Å². The quantitative estimate of drug-likeness (QED) is 0.842. The first-order valence-electron chi connectivity index (χ1n) is 7.70. The first kappa shape index (κ1) is 17.7. The van der Waals surface area contributed by atoms with Gasteiger partial charge in [-0.2, -0.15) is 13.2 Å². The lowest BCUT2D eigenvalue weighted by Crippen LogP contribution is -2.50. The number of halogens is 3. The minimum absolute atomic E-state index is 0.208. The minimum Gasteiger partial charge on any atom is -0.492 e. The predicted octanol–water partition coefficient (Wildman–Crippen LogP) is 1.95. The topological polar surface area (TPSA) is 94.5 Å². The van der Waals surface area contributed by atoms with E-state index in [1.807, 2.05) is 4.90 Å². The van der Waals surface area contributed by atoms with Gasteiger partial charge in [-0.05, 0) is 18.2 Å². The van der Waals surface area contributed by atoms with Gasteiger partial charge in [-0.1, -0.05) is 0 Å². The number of pyridine rings is 1. The van der Waals surface area contributed by atoms with Gasteiger partial charge in [0.25, 0.3) is 0 Å². The Morgan fingerprint density at radius 2 is 1.81 bits per heavy atom. The molecular formula is C15H15F3N6O2. The van der Waals surface area contributed by atoms with Crippen molar-refractivity contribution in [2.24, 2.45) is 0 Å². The van der Waals surface area contributed by atoms with Crippen molar-refractivity contribution in [1.29, 1.82) is 0 Å². The monoisotopic (exact) mass is 368 g/mol. The number of anilines is 2. The number of amides is 2. The van der Waals surface area contributed by atoms with Gasteiger partial charge in [-0.25, -0.2) is 9.78 Å². The van der Waals surface area contributed by atoms with Gasteiger partial charge >= 0.3 is 12.2 Å². The molecule has 138 valence electrons. The summed E-state index contributed by atoms with van der Waals surface area (Å²) in [4.78, 5) is 19.4. The lowest BCUT2D eigenvalue weighted by atomic mass is 10.2. The van der Waals surface area contributed by atoms with Gasteiger partial charge in [0.1, 0.15) is 5.82 Å². The van der Waals surface area contributed by atoms with Crippen LogP contribution in [0.5, 0.6) is 5.88 Å². The number of alkyl halides is 3. The molecular weight excluding hydrogens is 353 g/mol. The Morgan fingerprint density at radius 1 is 1.08 bits per heavy atom. The van der Waals surface area contributed by atoms with Crippen LogP contribution in [0, 0.1) is 0 Å². The Kier molecular flexibility index (Phi) is 4.78. The van der Waals surface area contributed by atoms with Crippen molar-refractivity contribution in [2.45, 2.75) is 6.18 Å². The molecule has 2 aromatic heterocycles. The number of carbonyl (C=O) groups is 1. The summed E-state index contributed by atoms with van der Waals surface area (Å²) in [7, 11) is 0. The highest BCUT2D eigenvalue weighted by atomic mass is 19.4. The van der Waals surface area contributed by atoms with Crippen LogP contribution in [0.25, 0.3) is 0 Å². The average molecular weight is 368 g/mol. The average Bonchev–Trinajstić information content (AvgIpc) is 2.63. The van der Waals surface area contributed by atoms with E-state index in [2.05, 4.69) is 20.5 Å². The van der Waals surface area contributed by atoms with Gasteiger partial charge in [0.2, 0.25) is 5.88 Å². The van der Waals surface area contributed by atoms with E-state index in [4.69, 9.17) is 5.11 Å². The van der Waals surface area contributed by atoms with E-state index < -0.39 is 11.7 Å². The summed E-state index contributed by atoms with van der Waals surface area (Å²) in [6.45, 7) is 1.63. The van der Waals surface area contributed by atoms with Crippen molar-refractivity contribution in [1.82, 2.24) is 20.1 Å². The fraction of sp³-hybridized carbons (Fsp3) is 0.333. The number of aromatic nitrogens is 3. The molecule has 3 rings (SSSR count). The molecule has 8 nitrogen and oxygen atoms in total. The van der Waals surface area contributed by atoms with E-state index in [-0.39, 0.29) is 17.7 Å². The van der Waals surface area contributed by atoms with E-state index >= 15 is 0 Å². The van der Waals surface area contributed by atoms with Crippen molar-refractivity contribution in [2.75, 3.05) is 36.4 Å². The molecule has 1 aliphatic heterocycles. The number of rotatable bonds is 2. The molecule has 3 heterocycles. The van der Waals surface area contributed by atoms with Gasteiger partial charge in [-0.15, -0.1) is 10.2 Å². The van der Waals surface area contributed by atoms with Crippen molar-refractivity contribution >= 4 is 17.7 Å². The maximum absolute atomic E-state index is 12.6. The third-order valence-corrected chi connectivity index (χ3v) is 3.85. The number of nitrogens with zero attached hydrogens (tertiary/aromatic N) is 5. The van der Waals surface area contributed by atoms with Crippen molar-refractivity contribution < 1.29 is 23.1 Å². The maximum atomic E-state index is 12.6. The van der Waals surface area contributed by atoms with E-state index in [1.54, 1.807) is 4.90 Å². The molecule has 1 aliphatic rings. The van der Waals surface area contributed by atoms with E-state index in [0.29, 0.717) is 32.0 Å². The molecule has 11 heteroatoms. The maximum Gasteiger partial charge on any atom is 0.417 e. The van der Waals surface area contributed by atoms with Crippen LogP contribution in [-0.4, -0.2) is 57.4 Å².